The van der Waals surface area contributed by atoms with Crippen LogP contribution in [-0.4, -0.2) is 25.7 Å². The molecule has 0 aromatic heterocycles. The molecule has 10 heavy (non-hydrogen) atoms. The van der Waals surface area contributed by atoms with Crippen LogP contribution in [0, 0.1) is 0 Å². The number of aliphatic hydroxyl groups is 1. The van der Waals surface area contributed by atoms with Gasteiger partial charge in [-0.05, 0) is 26.1 Å². The monoisotopic (exact) mass is 159 g/mol. The van der Waals surface area contributed by atoms with E-state index in [9.17, 15) is 0 Å². The molecule has 2 nitrogen and oxygen atoms in total. The van der Waals surface area contributed by atoms with Gasteiger partial charge in [0.2, 0.25) is 0 Å². The van der Waals surface area contributed by atoms with E-state index < -0.39 is 8.24 Å². The molecule has 60 valence electrons. The number of nitrogens with zero attached hydrogens (tertiary/aromatic N) is 1. The van der Waals surface area contributed by atoms with Gasteiger partial charge < -0.3 is 9.76 Å². The highest BCUT2D eigenvalue weighted by Crippen LogP contribution is 2.00. The van der Waals surface area contributed by atoms with Gasteiger partial charge in [0.25, 0.3) is 0 Å². The molecule has 0 radical (unpaired) electrons. The lowest BCUT2D eigenvalue weighted by molar-refractivity contribution is 0.242. The van der Waals surface area contributed by atoms with E-state index in [1.54, 1.807) is 6.21 Å². The SMILES string of the molecule is CCC(O)C=N[Si](C)(C)C. The van der Waals surface area contributed by atoms with Crippen LogP contribution in [-0.2, 0) is 0 Å². The number of hydrogen-bond acceptors (Lipinski definition) is 2. The molecule has 0 heterocycles. The lowest BCUT2D eigenvalue weighted by Crippen LogP contribution is -2.19. The quantitative estimate of drug-likeness (QED) is 0.493. The summed E-state index contributed by atoms with van der Waals surface area (Å²) in [7, 11) is -1.33. The molecule has 0 aliphatic carbocycles. The van der Waals surface area contributed by atoms with Crippen molar-refractivity contribution in [3.63, 3.8) is 0 Å². The van der Waals surface area contributed by atoms with Crippen molar-refractivity contribution in [3.8, 4) is 0 Å². The van der Waals surface area contributed by atoms with Crippen LogP contribution >= 0.6 is 0 Å². The van der Waals surface area contributed by atoms with Crippen molar-refractivity contribution in [2.24, 2.45) is 4.66 Å². The smallest absolute Gasteiger partial charge is 0.171 e. The largest absolute Gasteiger partial charge is 0.388 e. The van der Waals surface area contributed by atoms with E-state index in [-0.39, 0.29) is 6.10 Å². The summed E-state index contributed by atoms with van der Waals surface area (Å²) >= 11 is 0. The standard InChI is InChI=1S/C7H17NOSi/c1-5-7(9)6-8-10(2,3)4/h6-7,9H,5H2,1-4H3. The van der Waals surface area contributed by atoms with Crippen LogP contribution in [0.4, 0.5) is 0 Å². The average molecular weight is 159 g/mol. The van der Waals surface area contributed by atoms with Crippen LogP contribution in [0.25, 0.3) is 0 Å². The molecule has 0 rings (SSSR count). The Bertz CT molecular complexity index is 117. The molecule has 1 atom stereocenters. The summed E-state index contributed by atoms with van der Waals surface area (Å²) in [6.07, 6.45) is 2.09. The molecule has 0 aromatic rings. The first-order chi connectivity index (χ1) is 4.45. The van der Waals surface area contributed by atoms with Crippen LogP contribution in [0.5, 0.6) is 0 Å². The molecule has 3 heteroatoms. The minimum Gasteiger partial charge on any atom is -0.388 e. The zero-order chi connectivity index (χ0) is 8.20. The highest BCUT2D eigenvalue weighted by atomic mass is 28.3. The third kappa shape index (κ3) is 5.97. The fraction of sp³-hybridized carbons (Fsp3) is 0.857. The third-order valence-corrected chi connectivity index (χ3v) is 1.98. The predicted molar refractivity (Wildman–Crippen MR) is 48.1 cm³/mol. The van der Waals surface area contributed by atoms with Crippen molar-refractivity contribution in [3.05, 3.63) is 0 Å². The lowest BCUT2D eigenvalue weighted by Gasteiger charge is -2.08. The molecule has 0 bridgehead atoms. The van der Waals surface area contributed by atoms with Gasteiger partial charge >= 0.3 is 0 Å². The molecule has 0 amide bonds. The second-order valence-electron chi connectivity index (χ2n) is 3.42. The molecule has 0 saturated carbocycles. The van der Waals surface area contributed by atoms with Gasteiger partial charge in [-0.25, -0.2) is 0 Å². The van der Waals surface area contributed by atoms with Crippen LogP contribution in [0.2, 0.25) is 19.6 Å². The van der Waals surface area contributed by atoms with Crippen LogP contribution in [0.3, 0.4) is 0 Å². The molecule has 0 fully saturated rings. The van der Waals surface area contributed by atoms with Crippen molar-refractivity contribution in [2.75, 3.05) is 0 Å². The minimum atomic E-state index is -1.33. The first kappa shape index (κ1) is 9.85. The summed E-state index contributed by atoms with van der Waals surface area (Å²) in [5.74, 6) is 0. The molecule has 0 aliphatic rings. The zero-order valence-corrected chi connectivity index (χ0v) is 8.26. The maximum atomic E-state index is 9.09. The van der Waals surface area contributed by atoms with E-state index in [0.29, 0.717) is 0 Å². The first-order valence-corrected chi connectivity index (χ1v) is 7.14. The second-order valence-corrected chi connectivity index (χ2v) is 8.02. The summed E-state index contributed by atoms with van der Waals surface area (Å²) in [6.45, 7) is 8.38. The minimum absolute atomic E-state index is 0.341. The third-order valence-electron chi connectivity index (χ3n) is 1.05. The fourth-order valence-electron chi connectivity index (χ4n) is 0.415. The van der Waals surface area contributed by atoms with Gasteiger partial charge in [0.05, 0.1) is 6.10 Å². The van der Waals surface area contributed by atoms with Gasteiger partial charge in [0.1, 0.15) is 0 Å². The van der Waals surface area contributed by atoms with Gasteiger partial charge in [0, 0.05) is 6.21 Å². The van der Waals surface area contributed by atoms with Crippen molar-refractivity contribution in [1.29, 1.82) is 0 Å². The normalized spacial score (nSPS) is 16.1. The second kappa shape index (κ2) is 3.88. The van der Waals surface area contributed by atoms with E-state index >= 15 is 0 Å². The van der Waals surface area contributed by atoms with Gasteiger partial charge in [-0.1, -0.05) is 6.92 Å². The summed E-state index contributed by atoms with van der Waals surface area (Å²) in [5.41, 5.74) is 0. The maximum absolute atomic E-state index is 9.09. The van der Waals surface area contributed by atoms with Crippen molar-refractivity contribution >= 4 is 14.5 Å². The molecule has 0 aliphatic heterocycles. The van der Waals surface area contributed by atoms with E-state index in [2.05, 4.69) is 24.3 Å². The Hall–Kier alpha value is -0.153. The summed E-state index contributed by atoms with van der Waals surface area (Å²) in [6, 6.07) is 0. The number of aliphatic hydroxyl groups excluding tert-OH is 1. The van der Waals surface area contributed by atoms with Crippen LogP contribution < -0.4 is 0 Å². The predicted octanol–water partition coefficient (Wildman–Crippen LogP) is 1.66. The van der Waals surface area contributed by atoms with Gasteiger partial charge in [-0.3, -0.25) is 0 Å². The molecule has 1 N–H and O–H groups in total. The molecular formula is C7H17NOSi. The highest BCUT2D eigenvalue weighted by molar-refractivity contribution is 6.75. The number of hydrogen-bond donors (Lipinski definition) is 1. The van der Waals surface area contributed by atoms with E-state index in [4.69, 9.17) is 5.11 Å². The van der Waals surface area contributed by atoms with Crippen LogP contribution in [0.1, 0.15) is 13.3 Å². The maximum Gasteiger partial charge on any atom is 0.171 e. The summed E-state index contributed by atoms with van der Waals surface area (Å²) < 4.78 is 4.29. The molecule has 1 unspecified atom stereocenters. The fourth-order valence-corrected chi connectivity index (χ4v) is 1.03. The molecular weight excluding hydrogens is 142 g/mol. The number of rotatable bonds is 3. The molecule has 0 saturated heterocycles. The Labute approximate surface area is 64.1 Å². The Morgan fingerprint density at radius 2 is 2.00 bits per heavy atom. The van der Waals surface area contributed by atoms with Crippen molar-refractivity contribution in [2.45, 2.75) is 39.1 Å². The highest BCUT2D eigenvalue weighted by Gasteiger charge is 2.09. The Morgan fingerprint density at radius 3 is 2.30 bits per heavy atom. The van der Waals surface area contributed by atoms with Gasteiger partial charge in [-0.2, -0.15) is 0 Å². The summed E-state index contributed by atoms with van der Waals surface area (Å²) in [4.78, 5) is 0. The topological polar surface area (TPSA) is 32.6 Å². The molecule has 0 spiro atoms. The first-order valence-electron chi connectivity index (χ1n) is 3.69. The van der Waals surface area contributed by atoms with Gasteiger partial charge in [-0.15, -0.1) is 0 Å². The van der Waals surface area contributed by atoms with Crippen LogP contribution in [0.15, 0.2) is 4.66 Å². The Balaban J connectivity index is 3.75. The summed E-state index contributed by atoms with van der Waals surface area (Å²) in [5, 5.41) is 9.09. The zero-order valence-electron chi connectivity index (χ0n) is 7.26. The van der Waals surface area contributed by atoms with E-state index in [0.717, 1.165) is 6.42 Å². The average Bonchev–Trinajstić information content (AvgIpc) is 1.81. The van der Waals surface area contributed by atoms with Gasteiger partial charge in [0.15, 0.2) is 8.24 Å². The lowest BCUT2D eigenvalue weighted by atomic mass is 10.3. The van der Waals surface area contributed by atoms with E-state index in [1.165, 1.54) is 0 Å². The Kier molecular flexibility index (Phi) is 3.82. The Morgan fingerprint density at radius 1 is 1.50 bits per heavy atom. The van der Waals surface area contributed by atoms with Crippen molar-refractivity contribution in [1.82, 2.24) is 0 Å². The van der Waals surface area contributed by atoms with E-state index in [1.807, 2.05) is 6.92 Å². The van der Waals surface area contributed by atoms with Crippen molar-refractivity contribution < 1.29 is 5.11 Å². The molecule has 0 aromatic carbocycles.